The third kappa shape index (κ3) is 3.26. The molecule has 166 valence electrons. The Bertz CT molecular complexity index is 797. The van der Waals surface area contributed by atoms with E-state index in [2.05, 4.69) is 38.7 Å². The number of allylic oxidation sites excluding steroid dienone is 3. The van der Waals surface area contributed by atoms with Crippen LogP contribution in [-0.4, -0.2) is 28.7 Å². The second-order valence-corrected chi connectivity index (χ2v) is 11.3. The third-order valence-electron chi connectivity index (χ3n) is 9.25. The van der Waals surface area contributed by atoms with E-state index < -0.39 is 0 Å². The zero-order valence-corrected chi connectivity index (χ0v) is 19.5. The first-order valence-electron chi connectivity index (χ1n) is 12.1. The van der Waals surface area contributed by atoms with Crippen LogP contribution in [0.25, 0.3) is 0 Å². The highest BCUT2D eigenvalue weighted by atomic mass is 16.1. The molecule has 1 unspecified atom stereocenters. The lowest BCUT2D eigenvalue weighted by molar-refractivity contribution is -0.120. The largest absolute Gasteiger partial charge is 0.370 e. The number of nitrogens with zero attached hydrogens (tertiary/aromatic N) is 1. The summed E-state index contributed by atoms with van der Waals surface area (Å²) in [7, 11) is 0. The summed E-state index contributed by atoms with van der Waals surface area (Å²) in [6.07, 6.45) is 13.3. The van der Waals surface area contributed by atoms with Crippen molar-refractivity contribution in [2.24, 2.45) is 34.3 Å². The van der Waals surface area contributed by atoms with E-state index in [1.54, 1.807) is 0 Å². The zero-order chi connectivity index (χ0) is 21.8. The van der Waals surface area contributed by atoms with E-state index in [0.717, 1.165) is 24.0 Å². The molecule has 0 spiro atoms. The first-order chi connectivity index (χ1) is 14.1. The topological polar surface area (TPSA) is 63.4 Å². The van der Waals surface area contributed by atoms with Gasteiger partial charge in [-0.15, -0.1) is 0 Å². The Labute approximate surface area is 182 Å². The number of carbonyl (C=O) groups excluding carboxylic acids is 2. The van der Waals surface area contributed by atoms with Crippen molar-refractivity contribution in [3.05, 3.63) is 23.4 Å². The van der Waals surface area contributed by atoms with E-state index in [4.69, 9.17) is 5.73 Å². The molecule has 0 saturated heterocycles. The van der Waals surface area contributed by atoms with Crippen LogP contribution in [0.4, 0.5) is 0 Å². The second-order valence-electron chi connectivity index (χ2n) is 11.3. The normalized spacial score (nSPS) is 38.9. The van der Waals surface area contributed by atoms with Crippen molar-refractivity contribution in [1.29, 1.82) is 0 Å². The number of carbonyl (C=O) groups is 2. The molecule has 3 saturated carbocycles. The maximum atomic E-state index is 13.2. The Kier molecular flexibility index (Phi) is 5.43. The third-order valence-corrected chi connectivity index (χ3v) is 9.25. The minimum absolute atomic E-state index is 0.0460. The van der Waals surface area contributed by atoms with Crippen molar-refractivity contribution in [1.82, 2.24) is 4.90 Å². The first kappa shape index (κ1) is 21.6. The van der Waals surface area contributed by atoms with Crippen molar-refractivity contribution >= 4 is 11.7 Å². The predicted molar refractivity (Wildman–Crippen MR) is 120 cm³/mol. The molecule has 4 nitrogen and oxygen atoms in total. The molecule has 4 aliphatic rings. The minimum atomic E-state index is -0.309. The molecule has 0 bridgehead atoms. The molecule has 4 rings (SSSR count). The summed E-state index contributed by atoms with van der Waals surface area (Å²) in [5.41, 5.74) is 8.20. The highest BCUT2D eigenvalue weighted by Crippen LogP contribution is 2.65. The molecule has 4 heteroatoms. The molecular weight excluding hydrogens is 372 g/mol. The van der Waals surface area contributed by atoms with Gasteiger partial charge in [-0.2, -0.15) is 0 Å². The van der Waals surface area contributed by atoms with Gasteiger partial charge in [0.2, 0.25) is 11.7 Å². The number of hydrogen-bond donors (Lipinski definition) is 1. The van der Waals surface area contributed by atoms with Gasteiger partial charge in [-0.1, -0.05) is 26.3 Å². The van der Waals surface area contributed by atoms with Crippen LogP contribution in [0.2, 0.25) is 0 Å². The first-order valence-corrected chi connectivity index (χ1v) is 12.1. The number of amides is 1. The van der Waals surface area contributed by atoms with Crippen LogP contribution >= 0.6 is 0 Å². The predicted octanol–water partition coefficient (Wildman–Crippen LogP) is 4.99. The standard InChI is InChI=1S/C26H40N2O2/c1-16(2)28(17(3)15-23(27)30)24-21-9-8-18-19-7-6-12-25(19,4)13-10-20(18)26(21,5)14-11-22(24)29/h11,14,16-20H,6-10,12-13,15H2,1-5H3,(H2,27,30)/t17?,18-,19-,20-,25-,26+/m0/s1. The van der Waals surface area contributed by atoms with Crippen molar-refractivity contribution in [2.75, 3.05) is 0 Å². The lowest BCUT2D eigenvalue weighted by Gasteiger charge is -2.57. The average Bonchev–Trinajstić information content (AvgIpc) is 3.05. The number of ketones is 1. The van der Waals surface area contributed by atoms with Gasteiger partial charge in [-0.25, -0.2) is 0 Å². The van der Waals surface area contributed by atoms with Crippen LogP contribution in [-0.2, 0) is 9.59 Å². The van der Waals surface area contributed by atoms with Crippen LogP contribution in [0, 0.1) is 28.6 Å². The number of nitrogens with two attached hydrogens (primary N) is 1. The maximum absolute atomic E-state index is 13.2. The summed E-state index contributed by atoms with van der Waals surface area (Å²) in [5, 5.41) is 0. The smallest absolute Gasteiger partial charge is 0.219 e. The molecule has 0 aromatic rings. The molecule has 0 heterocycles. The summed E-state index contributed by atoms with van der Waals surface area (Å²) in [6.45, 7) is 11.2. The molecule has 6 atom stereocenters. The molecule has 3 fully saturated rings. The average molecular weight is 413 g/mol. The highest BCUT2D eigenvalue weighted by Gasteiger charge is 2.56. The number of hydrogen-bond acceptors (Lipinski definition) is 3. The molecule has 0 aromatic carbocycles. The fourth-order valence-corrected chi connectivity index (χ4v) is 7.97. The Balaban J connectivity index is 1.74. The Morgan fingerprint density at radius 3 is 2.57 bits per heavy atom. The van der Waals surface area contributed by atoms with Gasteiger partial charge in [0, 0.05) is 23.9 Å². The van der Waals surface area contributed by atoms with Gasteiger partial charge in [0.1, 0.15) is 0 Å². The fourth-order valence-electron chi connectivity index (χ4n) is 7.97. The van der Waals surface area contributed by atoms with Gasteiger partial charge in [0.15, 0.2) is 0 Å². The van der Waals surface area contributed by atoms with Crippen molar-refractivity contribution in [3.63, 3.8) is 0 Å². The minimum Gasteiger partial charge on any atom is -0.370 e. The van der Waals surface area contributed by atoms with Crippen molar-refractivity contribution < 1.29 is 9.59 Å². The molecule has 4 aliphatic carbocycles. The summed E-state index contributed by atoms with van der Waals surface area (Å²) in [6, 6.07) is 0.0654. The monoisotopic (exact) mass is 412 g/mol. The molecule has 30 heavy (non-hydrogen) atoms. The second kappa shape index (κ2) is 7.53. The van der Waals surface area contributed by atoms with E-state index in [0.29, 0.717) is 11.3 Å². The zero-order valence-electron chi connectivity index (χ0n) is 19.5. The van der Waals surface area contributed by atoms with E-state index in [1.165, 1.54) is 44.1 Å². The molecule has 1 amide bonds. The molecular formula is C26H40N2O2. The van der Waals surface area contributed by atoms with Crippen LogP contribution in [0.15, 0.2) is 23.4 Å². The van der Waals surface area contributed by atoms with Gasteiger partial charge >= 0.3 is 0 Å². The quantitative estimate of drug-likeness (QED) is 0.692. The lowest BCUT2D eigenvalue weighted by atomic mass is 9.48. The van der Waals surface area contributed by atoms with Gasteiger partial charge < -0.3 is 10.6 Å². The Morgan fingerprint density at radius 2 is 1.90 bits per heavy atom. The Morgan fingerprint density at radius 1 is 1.17 bits per heavy atom. The summed E-state index contributed by atoms with van der Waals surface area (Å²) < 4.78 is 0. The van der Waals surface area contributed by atoms with E-state index >= 15 is 0 Å². The van der Waals surface area contributed by atoms with Crippen molar-refractivity contribution in [3.8, 4) is 0 Å². The number of rotatable bonds is 5. The van der Waals surface area contributed by atoms with Gasteiger partial charge in [0.25, 0.3) is 0 Å². The summed E-state index contributed by atoms with van der Waals surface area (Å²) >= 11 is 0. The molecule has 0 radical (unpaired) electrons. The van der Waals surface area contributed by atoms with Crippen LogP contribution in [0.5, 0.6) is 0 Å². The van der Waals surface area contributed by atoms with Crippen LogP contribution in [0.3, 0.4) is 0 Å². The highest BCUT2D eigenvalue weighted by molar-refractivity contribution is 6.05. The van der Waals surface area contributed by atoms with Crippen LogP contribution in [0.1, 0.15) is 86.0 Å². The lowest BCUT2D eigenvalue weighted by Crippen LogP contribution is -2.51. The molecule has 0 aromatic heterocycles. The SMILES string of the molecule is CC(C)N(C1=C2CC[C@H]3[C@@H]4CCC[C@@]4(C)CC[C@@H]3[C@@]2(C)C=CC1=O)C(C)CC(N)=O. The number of primary amides is 1. The fraction of sp³-hybridized carbons (Fsp3) is 0.769. The van der Waals surface area contributed by atoms with E-state index in [9.17, 15) is 9.59 Å². The van der Waals surface area contributed by atoms with Gasteiger partial charge in [-0.3, -0.25) is 9.59 Å². The molecule has 2 N–H and O–H groups in total. The summed E-state index contributed by atoms with van der Waals surface area (Å²) in [5.74, 6) is 2.04. The number of fused-ring (bicyclic) bond motifs is 5. The van der Waals surface area contributed by atoms with Gasteiger partial charge in [0.05, 0.1) is 5.70 Å². The van der Waals surface area contributed by atoms with Crippen molar-refractivity contribution in [2.45, 2.75) is 98.1 Å². The maximum Gasteiger partial charge on any atom is 0.219 e. The summed E-state index contributed by atoms with van der Waals surface area (Å²) in [4.78, 5) is 27.1. The van der Waals surface area contributed by atoms with E-state index in [1.807, 2.05) is 13.0 Å². The van der Waals surface area contributed by atoms with E-state index in [-0.39, 0.29) is 35.6 Å². The Hall–Kier alpha value is -1.58. The molecule has 0 aliphatic heterocycles. The van der Waals surface area contributed by atoms with Crippen LogP contribution < -0.4 is 5.73 Å². The van der Waals surface area contributed by atoms with Gasteiger partial charge in [-0.05, 0) is 94.1 Å².